The number of hydrogen-bond donors (Lipinski definition) is 3. The molecule has 2 aromatic carbocycles. The summed E-state index contributed by atoms with van der Waals surface area (Å²) in [4.78, 5) is 8.95. The van der Waals surface area contributed by atoms with Gasteiger partial charge in [-0.15, -0.1) is 5.10 Å². The molecule has 5 rings (SSSR count). The van der Waals surface area contributed by atoms with Crippen LogP contribution in [0.2, 0.25) is 0 Å². The van der Waals surface area contributed by atoms with Crippen LogP contribution in [0.25, 0.3) is 16.8 Å². The van der Waals surface area contributed by atoms with Crippen LogP contribution in [0.5, 0.6) is 11.5 Å². The minimum absolute atomic E-state index is 0.214. The van der Waals surface area contributed by atoms with E-state index in [1.165, 1.54) is 0 Å². The van der Waals surface area contributed by atoms with Gasteiger partial charge in [-0.2, -0.15) is 0 Å². The van der Waals surface area contributed by atoms with Gasteiger partial charge in [0.05, 0.1) is 50.0 Å². The lowest BCUT2D eigenvalue weighted by Crippen LogP contribution is -2.49. The molecule has 1 saturated heterocycles. The van der Waals surface area contributed by atoms with Gasteiger partial charge in [0.1, 0.15) is 11.5 Å². The molecule has 1 aliphatic rings. The predicted octanol–water partition coefficient (Wildman–Crippen LogP) is 2.63. The summed E-state index contributed by atoms with van der Waals surface area (Å²) in [6.45, 7) is 3.56. The Labute approximate surface area is 215 Å². The van der Waals surface area contributed by atoms with E-state index in [9.17, 15) is 5.11 Å². The second kappa shape index (κ2) is 11.0. The van der Waals surface area contributed by atoms with Crippen molar-refractivity contribution in [2.75, 3.05) is 63.8 Å². The number of aliphatic hydroxyl groups excluding tert-OH is 2. The van der Waals surface area contributed by atoms with Gasteiger partial charge in [-0.25, -0.2) is 9.50 Å². The third-order valence-corrected chi connectivity index (χ3v) is 6.63. The summed E-state index contributed by atoms with van der Waals surface area (Å²) in [5, 5.41) is 26.8. The normalized spacial score (nSPS) is 15.1. The summed E-state index contributed by atoms with van der Waals surface area (Å²) in [7, 11) is 3.31. The van der Waals surface area contributed by atoms with Crippen LogP contribution in [0.4, 0.5) is 17.3 Å². The largest absolute Gasteiger partial charge is 0.496 e. The first-order valence-corrected chi connectivity index (χ1v) is 12.3. The number of nitrogens with zero attached hydrogens (tertiary/aromatic N) is 5. The van der Waals surface area contributed by atoms with Gasteiger partial charge in [0, 0.05) is 50.0 Å². The van der Waals surface area contributed by atoms with Crippen LogP contribution in [0.15, 0.2) is 60.8 Å². The third kappa shape index (κ3) is 5.31. The lowest BCUT2D eigenvalue weighted by atomic mass is 10.1. The number of fused-ring (bicyclic) bond motifs is 1. The maximum atomic E-state index is 9.71. The first-order valence-electron chi connectivity index (χ1n) is 12.3. The van der Waals surface area contributed by atoms with Crippen LogP contribution in [0, 0.1) is 0 Å². The topological polar surface area (TPSA) is 108 Å². The highest BCUT2D eigenvalue weighted by Gasteiger charge is 2.20. The van der Waals surface area contributed by atoms with Crippen molar-refractivity contribution in [1.82, 2.24) is 19.5 Å². The Bertz CT molecular complexity index is 1350. The van der Waals surface area contributed by atoms with E-state index in [0.29, 0.717) is 18.2 Å². The van der Waals surface area contributed by atoms with Crippen LogP contribution in [-0.4, -0.2) is 89.4 Å². The van der Waals surface area contributed by atoms with Crippen molar-refractivity contribution in [2.45, 2.75) is 6.10 Å². The number of aliphatic hydroxyl groups is 2. The molecule has 4 aromatic rings. The molecule has 1 atom stereocenters. The van der Waals surface area contributed by atoms with Crippen molar-refractivity contribution in [1.29, 1.82) is 0 Å². The van der Waals surface area contributed by atoms with Gasteiger partial charge in [0.15, 0.2) is 0 Å². The fourth-order valence-electron chi connectivity index (χ4n) is 4.66. The summed E-state index contributed by atoms with van der Waals surface area (Å²) in [6.07, 6.45) is 1.08. The molecule has 0 spiro atoms. The number of methoxy groups -OCH3 is 2. The fraction of sp³-hybridized carbons (Fsp3) is 0.333. The Morgan fingerprint density at radius 3 is 2.51 bits per heavy atom. The van der Waals surface area contributed by atoms with E-state index in [-0.39, 0.29) is 6.61 Å². The molecule has 0 saturated carbocycles. The Morgan fingerprint density at radius 2 is 1.76 bits per heavy atom. The van der Waals surface area contributed by atoms with Crippen molar-refractivity contribution in [2.24, 2.45) is 0 Å². The molecule has 37 heavy (non-hydrogen) atoms. The van der Waals surface area contributed by atoms with E-state index in [1.54, 1.807) is 20.4 Å². The third-order valence-electron chi connectivity index (χ3n) is 6.63. The van der Waals surface area contributed by atoms with E-state index < -0.39 is 6.10 Å². The Kier molecular flexibility index (Phi) is 7.40. The second-order valence-corrected chi connectivity index (χ2v) is 8.97. The monoisotopic (exact) mass is 504 g/mol. The maximum Gasteiger partial charge on any atom is 0.245 e. The Morgan fingerprint density at radius 1 is 0.973 bits per heavy atom. The van der Waals surface area contributed by atoms with Crippen LogP contribution in [0.1, 0.15) is 0 Å². The molecular weight excluding hydrogens is 472 g/mol. The molecule has 0 amide bonds. The predicted molar refractivity (Wildman–Crippen MR) is 143 cm³/mol. The maximum absolute atomic E-state index is 9.71. The van der Waals surface area contributed by atoms with Gasteiger partial charge in [0.25, 0.3) is 0 Å². The highest BCUT2D eigenvalue weighted by Crippen LogP contribution is 2.33. The molecule has 3 N–H and O–H groups in total. The molecule has 10 nitrogen and oxygen atoms in total. The number of rotatable bonds is 9. The average molecular weight is 505 g/mol. The summed E-state index contributed by atoms with van der Waals surface area (Å²) < 4.78 is 13.1. The first kappa shape index (κ1) is 24.8. The summed E-state index contributed by atoms with van der Waals surface area (Å²) in [5.74, 6) is 1.91. The smallest absolute Gasteiger partial charge is 0.245 e. The van der Waals surface area contributed by atoms with Crippen LogP contribution in [0.3, 0.4) is 0 Å². The number of nitrogens with one attached hydrogen (secondary N) is 1. The molecule has 0 aliphatic carbocycles. The SMILES string of the molecule is COc1cc(N2CCN(CC(O)CO)CC2)ccc1Nc1ncc2ccc(-c3ccccc3OC)n2n1. The van der Waals surface area contributed by atoms with E-state index in [4.69, 9.17) is 19.7 Å². The number of hydrogen-bond acceptors (Lipinski definition) is 9. The molecule has 2 aromatic heterocycles. The zero-order valence-electron chi connectivity index (χ0n) is 21.0. The van der Waals surface area contributed by atoms with Gasteiger partial charge >= 0.3 is 0 Å². The molecule has 0 bridgehead atoms. The number of para-hydroxylation sites is 1. The zero-order valence-corrected chi connectivity index (χ0v) is 21.0. The van der Waals surface area contributed by atoms with E-state index in [1.807, 2.05) is 53.0 Å². The number of β-amino-alcohol motifs (C(OH)–C–C–N with tert-alkyl or cyclic N) is 1. The lowest BCUT2D eigenvalue weighted by molar-refractivity contribution is 0.0575. The van der Waals surface area contributed by atoms with Gasteiger partial charge in [-0.3, -0.25) is 4.90 Å². The zero-order chi connectivity index (χ0) is 25.8. The van der Waals surface area contributed by atoms with Crippen molar-refractivity contribution >= 4 is 22.8 Å². The quantitative estimate of drug-likeness (QED) is 0.317. The minimum Gasteiger partial charge on any atom is -0.496 e. The molecule has 10 heteroatoms. The van der Waals surface area contributed by atoms with Gasteiger partial charge in [-0.1, -0.05) is 12.1 Å². The molecule has 1 aliphatic heterocycles. The number of piperazine rings is 1. The molecule has 194 valence electrons. The number of benzene rings is 2. The van der Waals surface area contributed by atoms with Crippen molar-refractivity contribution in [3.05, 3.63) is 60.8 Å². The number of aromatic nitrogens is 3. The summed E-state index contributed by atoms with van der Waals surface area (Å²) in [5.41, 5.74) is 4.55. The molecular formula is C27H32N6O4. The minimum atomic E-state index is -0.698. The Balaban J connectivity index is 1.34. The fourth-order valence-corrected chi connectivity index (χ4v) is 4.66. The van der Waals surface area contributed by atoms with Crippen LogP contribution < -0.4 is 19.7 Å². The lowest BCUT2D eigenvalue weighted by Gasteiger charge is -2.36. The standard InChI is InChI=1S/C27H32N6O4/c1-36-25-6-4-3-5-22(25)24-10-8-20-16-28-27(30-33(20)24)29-23-9-7-19(15-26(23)37-2)32-13-11-31(12-14-32)17-21(35)18-34/h3-10,15-16,21,34-35H,11-14,17-18H2,1-2H3,(H,29,30). The van der Waals surface area contributed by atoms with Crippen LogP contribution >= 0.6 is 0 Å². The van der Waals surface area contributed by atoms with Crippen molar-refractivity contribution < 1.29 is 19.7 Å². The molecule has 3 heterocycles. The van der Waals surface area contributed by atoms with E-state index >= 15 is 0 Å². The molecule has 0 radical (unpaired) electrons. The van der Waals surface area contributed by atoms with E-state index in [0.717, 1.165) is 60.1 Å². The molecule has 1 unspecified atom stereocenters. The highest BCUT2D eigenvalue weighted by molar-refractivity contribution is 5.72. The Hall–Kier alpha value is -3.86. The van der Waals surface area contributed by atoms with Crippen LogP contribution in [-0.2, 0) is 0 Å². The number of anilines is 3. The van der Waals surface area contributed by atoms with Gasteiger partial charge in [0.2, 0.25) is 5.95 Å². The number of ether oxygens (including phenoxy) is 2. The summed E-state index contributed by atoms with van der Waals surface area (Å²) in [6, 6.07) is 17.9. The summed E-state index contributed by atoms with van der Waals surface area (Å²) >= 11 is 0. The van der Waals surface area contributed by atoms with Gasteiger partial charge in [-0.05, 0) is 36.4 Å². The van der Waals surface area contributed by atoms with Crippen molar-refractivity contribution in [3.8, 4) is 22.8 Å². The highest BCUT2D eigenvalue weighted by atomic mass is 16.5. The first-order chi connectivity index (χ1) is 18.1. The van der Waals surface area contributed by atoms with Crippen molar-refractivity contribution in [3.63, 3.8) is 0 Å². The molecule has 1 fully saturated rings. The van der Waals surface area contributed by atoms with Gasteiger partial charge < -0.3 is 29.9 Å². The average Bonchev–Trinajstić information content (AvgIpc) is 3.36. The van der Waals surface area contributed by atoms with E-state index in [2.05, 4.69) is 26.2 Å². The second-order valence-electron chi connectivity index (χ2n) is 8.97.